The standard InChI is InChI=1S/C13H23BrN4/c1-4-5-6-7-13(2,3)8-16-12-10(14)11(15)17-9-18-12/h9H,4-8H2,1-3H3,(H3,15,16,17,18). The van der Waals surface area contributed by atoms with Gasteiger partial charge in [-0.15, -0.1) is 0 Å². The molecule has 0 spiro atoms. The minimum atomic E-state index is 0.258. The molecule has 0 radical (unpaired) electrons. The molecule has 1 rings (SSSR count). The maximum Gasteiger partial charge on any atom is 0.145 e. The molecule has 0 atom stereocenters. The van der Waals surface area contributed by atoms with Gasteiger partial charge >= 0.3 is 0 Å². The highest BCUT2D eigenvalue weighted by Crippen LogP contribution is 2.28. The lowest BCUT2D eigenvalue weighted by Crippen LogP contribution is -2.23. The van der Waals surface area contributed by atoms with Gasteiger partial charge in [0.05, 0.1) is 0 Å². The summed E-state index contributed by atoms with van der Waals surface area (Å²) in [6.45, 7) is 7.65. The smallest absolute Gasteiger partial charge is 0.145 e. The SMILES string of the molecule is CCCCCC(C)(C)CNc1ncnc(N)c1Br. The molecule has 1 heterocycles. The number of hydrogen-bond acceptors (Lipinski definition) is 4. The molecule has 0 saturated carbocycles. The molecule has 1 aromatic rings. The first-order valence-electron chi connectivity index (χ1n) is 6.46. The van der Waals surface area contributed by atoms with E-state index in [1.54, 1.807) is 0 Å². The van der Waals surface area contributed by atoms with E-state index in [4.69, 9.17) is 5.73 Å². The van der Waals surface area contributed by atoms with E-state index in [1.807, 2.05) is 0 Å². The number of rotatable bonds is 7. The van der Waals surface area contributed by atoms with Crippen LogP contribution in [0.15, 0.2) is 10.8 Å². The number of halogens is 1. The Hall–Kier alpha value is -0.840. The van der Waals surface area contributed by atoms with E-state index >= 15 is 0 Å². The lowest BCUT2D eigenvalue weighted by molar-refractivity contribution is 0.342. The number of nitrogens with two attached hydrogens (primary N) is 1. The van der Waals surface area contributed by atoms with Crippen LogP contribution >= 0.6 is 15.9 Å². The van der Waals surface area contributed by atoms with Crippen LogP contribution in [0.2, 0.25) is 0 Å². The molecule has 0 aliphatic carbocycles. The second-order valence-electron chi connectivity index (χ2n) is 5.40. The van der Waals surface area contributed by atoms with Crippen molar-refractivity contribution in [2.24, 2.45) is 5.41 Å². The van der Waals surface area contributed by atoms with E-state index in [1.165, 1.54) is 32.0 Å². The third-order valence-electron chi connectivity index (χ3n) is 3.01. The molecule has 4 nitrogen and oxygen atoms in total. The number of anilines is 2. The molecule has 5 heteroatoms. The van der Waals surface area contributed by atoms with Crippen molar-refractivity contribution in [1.29, 1.82) is 0 Å². The summed E-state index contributed by atoms with van der Waals surface area (Å²) in [6, 6.07) is 0. The van der Waals surface area contributed by atoms with E-state index in [9.17, 15) is 0 Å². The highest BCUT2D eigenvalue weighted by Gasteiger charge is 2.18. The van der Waals surface area contributed by atoms with Crippen LogP contribution in [0, 0.1) is 5.41 Å². The van der Waals surface area contributed by atoms with Crippen molar-refractivity contribution in [2.75, 3.05) is 17.6 Å². The van der Waals surface area contributed by atoms with Gasteiger partial charge in [-0.05, 0) is 27.8 Å². The maximum absolute atomic E-state index is 5.72. The van der Waals surface area contributed by atoms with Gasteiger partial charge in [0.1, 0.15) is 22.4 Å². The van der Waals surface area contributed by atoms with Crippen LogP contribution in [-0.4, -0.2) is 16.5 Å². The zero-order valence-electron chi connectivity index (χ0n) is 11.5. The molecule has 0 aliphatic rings. The van der Waals surface area contributed by atoms with Crippen LogP contribution in [0.25, 0.3) is 0 Å². The fourth-order valence-corrected chi connectivity index (χ4v) is 2.12. The minimum Gasteiger partial charge on any atom is -0.383 e. The average Bonchev–Trinajstić information content (AvgIpc) is 2.31. The van der Waals surface area contributed by atoms with Crippen molar-refractivity contribution in [3.8, 4) is 0 Å². The van der Waals surface area contributed by atoms with Gasteiger partial charge in [-0.2, -0.15) is 0 Å². The molecule has 0 fully saturated rings. The number of nitrogens with one attached hydrogen (secondary N) is 1. The third kappa shape index (κ3) is 4.80. The van der Waals surface area contributed by atoms with Gasteiger partial charge in [0.25, 0.3) is 0 Å². The van der Waals surface area contributed by atoms with Gasteiger partial charge in [-0.3, -0.25) is 0 Å². The molecule has 102 valence electrons. The zero-order valence-corrected chi connectivity index (χ0v) is 13.0. The molecule has 0 amide bonds. The number of unbranched alkanes of at least 4 members (excludes halogenated alkanes) is 2. The van der Waals surface area contributed by atoms with Gasteiger partial charge in [0.2, 0.25) is 0 Å². The number of nitrogen functional groups attached to an aromatic ring is 1. The highest BCUT2D eigenvalue weighted by atomic mass is 79.9. The third-order valence-corrected chi connectivity index (χ3v) is 3.79. The molecule has 0 aliphatic heterocycles. The highest BCUT2D eigenvalue weighted by molar-refractivity contribution is 9.10. The van der Waals surface area contributed by atoms with Crippen LogP contribution in [-0.2, 0) is 0 Å². The van der Waals surface area contributed by atoms with E-state index in [0.717, 1.165) is 16.8 Å². The zero-order chi connectivity index (χ0) is 13.6. The fourth-order valence-electron chi connectivity index (χ4n) is 1.77. The summed E-state index contributed by atoms with van der Waals surface area (Å²) in [5.41, 5.74) is 5.98. The van der Waals surface area contributed by atoms with E-state index < -0.39 is 0 Å². The van der Waals surface area contributed by atoms with Gasteiger partial charge in [0.15, 0.2) is 0 Å². The molecule has 0 saturated heterocycles. The predicted molar refractivity (Wildman–Crippen MR) is 80.6 cm³/mol. The Kier molecular flexibility index (Phi) is 5.85. The number of hydrogen-bond donors (Lipinski definition) is 2. The Bertz CT molecular complexity index is 379. The summed E-state index contributed by atoms with van der Waals surface area (Å²) in [7, 11) is 0. The molecule has 18 heavy (non-hydrogen) atoms. The van der Waals surface area contributed by atoms with E-state index in [-0.39, 0.29) is 5.41 Å². The lowest BCUT2D eigenvalue weighted by atomic mass is 9.87. The summed E-state index contributed by atoms with van der Waals surface area (Å²) >= 11 is 3.40. The second kappa shape index (κ2) is 6.92. The summed E-state index contributed by atoms with van der Waals surface area (Å²) in [6.07, 6.45) is 6.53. The van der Waals surface area contributed by atoms with Gasteiger partial charge < -0.3 is 11.1 Å². The lowest BCUT2D eigenvalue weighted by Gasteiger charge is -2.25. The van der Waals surface area contributed by atoms with E-state index in [0.29, 0.717) is 5.82 Å². The van der Waals surface area contributed by atoms with Crippen molar-refractivity contribution in [3.63, 3.8) is 0 Å². The first-order chi connectivity index (χ1) is 8.46. The largest absolute Gasteiger partial charge is 0.383 e. The molecule has 0 bridgehead atoms. The number of nitrogens with zero attached hydrogens (tertiary/aromatic N) is 2. The molecule has 3 N–H and O–H groups in total. The summed E-state index contributed by atoms with van der Waals surface area (Å²) in [4.78, 5) is 8.11. The fraction of sp³-hybridized carbons (Fsp3) is 0.692. The first-order valence-corrected chi connectivity index (χ1v) is 7.25. The summed E-state index contributed by atoms with van der Waals surface area (Å²) in [5, 5.41) is 3.34. The van der Waals surface area contributed by atoms with Crippen LogP contribution in [0.5, 0.6) is 0 Å². The van der Waals surface area contributed by atoms with Crippen molar-refractivity contribution in [2.45, 2.75) is 46.5 Å². The molecular weight excluding hydrogens is 292 g/mol. The Morgan fingerprint density at radius 3 is 2.72 bits per heavy atom. The molecule has 0 unspecified atom stereocenters. The van der Waals surface area contributed by atoms with Crippen LogP contribution < -0.4 is 11.1 Å². The average molecular weight is 315 g/mol. The Morgan fingerprint density at radius 1 is 1.33 bits per heavy atom. The van der Waals surface area contributed by atoms with E-state index in [2.05, 4.69) is 52.0 Å². The topological polar surface area (TPSA) is 63.8 Å². The van der Waals surface area contributed by atoms with Crippen molar-refractivity contribution in [3.05, 3.63) is 10.8 Å². The Labute approximate surface area is 118 Å². The predicted octanol–water partition coefficient (Wildman–Crippen LogP) is 3.84. The first kappa shape index (κ1) is 15.2. The molecular formula is C13H23BrN4. The monoisotopic (exact) mass is 314 g/mol. The molecule has 1 aromatic heterocycles. The van der Waals surface area contributed by atoms with Crippen LogP contribution in [0.1, 0.15) is 46.5 Å². The maximum atomic E-state index is 5.72. The van der Waals surface area contributed by atoms with Crippen LogP contribution in [0.3, 0.4) is 0 Å². The van der Waals surface area contributed by atoms with Crippen molar-refractivity contribution >= 4 is 27.6 Å². The summed E-state index contributed by atoms with van der Waals surface area (Å²) in [5.74, 6) is 1.24. The Balaban J connectivity index is 2.50. The van der Waals surface area contributed by atoms with Gasteiger partial charge in [-0.25, -0.2) is 9.97 Å². The Morgan fingerprint density at radius 2 is 2.06 bits per heavy atom. The number of aromatic nitrogens is 2. The van der Waals surface area contributed by atoms with Crippen LogP contribution in [0.4, 0.5) is 11.6 Å². The molecule has 0 aromatic carbocycles. The summed E-state index contributed by atoms with van der Waals surface area (Å²) < 4.78 is 0.745. The quantitative estimate of drug-likeness (QED) is 0.750. The van der Waals surface area contributed by atoms with Gasteiger partial charge in [-0.1, -0.05) is 40.0 Å². The van der Waals surface area contributed by atoms with Gasteiger partial charge in [0, 0.05) is 6.54 Å². The van der Waals surface area contributed by atoms with Crippen molar-refractivity contribution in [1.82, 2.24) is 9.97 Å². The minimum absolute atomic E-state index is 0.258. The normalized spacial score (nSPS) is 11.6. The second-order valence-corrected chi connectivity index (χ2v) is 6.19. The van der Waals surface area contributed by atoms with Crippen molar-refractivity contribution < 1.29 is 0 Å².